The largest absolute Gasteiger partial charge is 0.496 e. The number of hydrogen-bond donors (Lipinski definition) is 4. The summed E-state index contributed by atoms with van der Waals surface area (Å²) in [6, 6.07) is 12.0. The summed E-state index contributed by atoms with van der Waals surface area (Å²) >= 11 is 14.2. The molecule has 0 radical (unpaired) electrons. The minimum Gasteiger partial charge on any atom is -0.496 e. The molecule has 5 aromatic rings. The van der Waals surface area contributed by atoms with Crippen molar-refractivity contribution in [3.63, 3.8) is 0 Å². The van der Waals surface area contributed by atoms with E-state index >= 15 is 0 Å². The number of nitrogens with one attached hydrogen (secondary N) is 4. The molecule has 0 unspecified atom stereocenters. The van der Waals surface area contributed by atoms with Gasteiger partial charge in [0.1, 0.15) is 5.75 Å². The number of ether oxygens (including phenoxy) is 1. The van der Waals surface area contributed by atoms with Crippen LogP contribution in [0.15, 0.2) is 61.2 Å². The van der Waals surface area contributed by atoms with Gasteiger partial charge in [-0.05, 0) is 37.1 Å². The summed E-state index contributed by atoms with van der Waals surface area (Å²) in [5.41, 5.74) is 8.17. The number of pyridine rings is 3. The number of nitrogens with zero attached hydrogens (tertiary/aromatic N) is 4. The summed E-state index contributed by atoms with van der Waals surface area (Å²) in [5.74, 6) is 0.929. The van der Waals surface area contributed by atoms with Crippen molar-refractivity contribution in [1.29, 1.82) is 0 Å². The Labute approximate surface area is 300 Å². The zero-order valence-corrected chi connectivity index (χ0v) is 29.4. The Morgan fingerprint density at radius 3 is 2.00 bits per heavy atom. The molecule has 2 fully saturated rings. The monoisotopic (exact) mass is 712 g/mol. The molecule has 258 valence electrons. The lowest BCUT2D eigenvalue weighted by Gasteiger charge is -2.15. The van der Waals surface area contributed by atoms with E-state index in [-0.39, 0.29) is 23.9 Å². The maximum atomic E-state index is 11.5. The molecule has 2 aliphatic heterocycles. The fourth-order valence-corrected chi connectivity index (χ4v) is 7.41. The second-order valence-corrected chi connectivity index (χ2v) is 13.5. The van der Waals surface area contributed by atoms with Crippen molar-refractivity contribution in [2.45, 2.75) is 50.9 Å². The molecule has 50 heavy (non-hydrogen) atoms. The van der Waals surface area contributed by atoms with E-state index < -0.39 is 0 Å². The summed E-state index contributed by atoms with van der Waals surface area (Å²) in [6.45, 7) is 2.64. The number of carbonyl (C=O) groups excluding carboxylic acids is 2. The van der Waals surface area contributed by atoms with E-state index in [0.717, 1.165) is 57.3 Å². The number of fused-ring (bicyclic) bond motifs is 1. The van der Waals surface area contributed by atoms with Crippen molar-refractivity contribution in [1.82, 2.24) is 40.8 Å². The molecule has 13 heteroatoms. The van der Waals surface area contributed by atoms with Crippen molar-refractivity contribution in [2.75, 3.05) is 20.2 Å². The molecular weight excluding hydrogens is 675 g/mol. The van der Waals surface area contributed by atoms with Gasteiger partial charge in [0.2, 0.25) is 11.8 Å². The van der Waals surface area contributed by atoms with Gasteiger partial charge in [0.05, 0.1) is 39.6 Å². The fourth-order valence-electron chi connectivity index (χ4n) is 6.76. The average molecular weight is 714 g/mol. The van der Waals surface area contributed by atoms with Crippen LogP contribution >= 0.6 is 23.2 Å². The van der Waals surface area contributed by atoms with Gasteiger partial charge in [-0.1, -0.05) is 35.3 Å². The number of rotatable bonds is 12. The Bertz CT molecular complexity index is 2080. The van der Waals surface area contributed by atoms with Crippen molar-refractivity contribution in [2.24, 2.45) is 7.05 Å². The maximum absolute atomic E-state index is 11.5. The number of aromatic nitrogens is 4. The van der Waals surface area contributed by atoms with E-state index in [1.807, 2.05) is 43.4 Å². The normalized spacial score (nSPS) is 17.4. The third kappa shape index (κ3) is 7.04. The van der Waals surface area contributed by atoms with Crippen LogP contribution < -0.4 is 26.0 Å². The Hall–Kier alpha value is -4.55. The van der Waals surface area contributed by atoms with Crippen molar-refractivity contribution in [3.8, 4) is 39.4 Å². The lowest BCUT2D eigenvalue weighted by molar-refractivity contribution is -0.120. The van der Waals surface area contributed by atoms with Crippen LogP contribution in [-0.2, 0) is 29.7 Å². The van der Waals surface area contributed by atoms with E-state index in [4.69, 9.17) is 32.9 Å². The molecule has 6 heterocycles. The van der Waals surface area contributed by atoms with Crippen molar-refractivity contribution < 1.29 is 14.3 Å². The van der Waals surface area contributed by atoms with E-state index in [2.05, 4.69) is 42.0 Å². The lowest BCUT2D eigenvalue weighted by Crippen LogP contribution is -2.35. The third-order valence-electron chi connectivity index (χ3n) is 9.39. The molecule has 11 nitrogen and oxygen atoms in total. The SMILES string of the molecule is COc1cc(-c2nccc(-c3ccnc(-c4cnc5c(CNC[C@H]6CCC(=O)N6)cn(C)c5c4)c3Cl)c2Cl)ccc1CNC[C@@H]1CCC(=O)N1. The smallest absolute Gasteiger partial charge is 0.220 e. The third-order valence-corrected chi connectivity index (χ3v) is 10.2. The molecule has 1 aromatic carbocycles. The van der Waals surface area contributed by atoms with Crippen LogP contribution in [0.1, 0.15) is 36.8 Å². The summed E-state index contributed by atoms with van der Waals surface area (Å²) in [7, 11) is 3.63. The van der Waals surface area contributed by atoms with Gasteiger partial charge in [-0.3, -0.25) is 24.5 Å². The molecule has 2 aliphatic rings. The van der Waals surface area contributed by atoms with Crippen LogP contribution in [0.2, 0.25) is 10.0 Å². The van der Waals surface area contributed by atoms with Crippen LogP contribution in [0.5, 0.6) is 5.75 Å². The molecule has 2 saturated heterocycles. The van der Waals surface area contributed by atoms with E-state index in [1.165, 1.54) is 0 Å². The van der Waals surface area contributed by atoms with Crippen molar-refractivity contribution >= 4 is 46.0 Å². The predicted octanol–water partition coefficient (Wildman–Crippen LogP) is 5.42. The molecule has 0 aliphatic carbocycles. The van der Waals surface area contributed by atoms with Gasteiger partial charge < -0.3 is 30.6 Å². The van der Waals surface area contributed by atoms with Gasteiger partial charge >= 0.3 is 0 Å². The highest BCUT2D eigenvalue weighted by molar-refractivity contribution is 6.39. The molecule has 7 rings (SSSR count). The first-order valence-electron chi connectivity index (χ1n) is 16.7. The van der Waals surface area contributed by atoms with E-state index in [9.17, 15) is 9.59 Å². The number of aryl methyl sites for hydroxylation is 1. The summed E-state index contributed by atoms with van der Waals surface area (Å²) < 4.78 is 7.79. The first-order valence-corrected chi connectivity index (χ1v) is 17.5. The molecule has 2 atom stereocenters. The Kier molecular flexibility index (Phi) is 10.0. The highest BCUT2D eigenvalue weighted by atomic mass is 35.5. The summed E-state index contributed by atoms with van der Waals surface area (Å²) in [5, 5.41) is 13.8. The molecule has 4 N–H and O–H groups in total. The number of amides is 2. The number of methoxy groups -OCH3 is 1. The quantitative estimate of drug-likeness (QED) is 0.135. The van der Waals surface area contributed by atoms with Gasteiger partial charge in [0, 0.05) is 116 Å². The van der Waals surface area contributed by atoms with Crippen LogP contribution in [0.3, 0.4) is 0 Å². The molecule has 0 saturated carbocycles. The van der Waals surface area contributed by atoms with Crippen LogP contribution in [0.25, 0.3) is 44.7 Å². The maximum Gasteiger partial charge on any atom is 0.220 e. The zero-order chi connectivity index (χ0) is 34.8. The van der Waals surface area contributed by atoms with E-state index in [1.54, 1.807) is 25.7 Å². The Morgan fingerprint density at radius 2 is 1.42 bits per heavy atom. The molecule has 4 aromatic heterocycles. The van der Waals surface area contributed by atoms with E-state index in [0.29, 0.717) is 66.2 Å². The van der Waals surface area contributed by atoms with Gasteiger partial charge in [-0.25, -0.2) is 0 Å². The summed E-state index contributed by atoms with van der Waals surface area (Å²) in [4.78, 5) is 37.1. The second kappa shape index (κ2) is 14.7. The highest BCUT2D eigenvalue weighted by Gasteiger charge is 2.22. The number of halogens is 2. The van der Waals surface area contributed by atoms with Gasteiger partial charge in [-0.15, -0.1) is 0 Å². The predicted molar refractivity (Wildman–Crippen MR) is 195 cm³/mol. The fraction of sp³-hybridized carbons (Fsp3) is 0.324. The van der Waals surface area contributed by atoms with Crippen molar-refractivity contribution in [3.05, 3.63) is 82.4 Å². The Morgan fingerprint density at radius 1 is 0.820 bits per heavy atom. The lowest BCUT2D eigenvalue weighted by atomic mass is 10.0. The Balaban J connectivity index is 1.11. The standard InChI is InChI=1S/C37H38Cl2N8O3/c1-47-20-24(16-41-19-26-6-8-32(49)46-26)35-29(47)13-23(17-44-35)37-34(39)28(10-12-43-37)27-9-11-42-36(33(27)38)21-3-4-22(30(14-21)50-2)15-40-18-25-5-7-31(48)45-25/h3-4,9-14,17,20,25-26,40-41H,5-8,15-16,18-19H2,1-2H3,(H,45,48)(H,46,49)/t25-,26+/m0/s1. The highest BCUT2D eigenvalue weighted by Crippen LogP contribution is 2.41. The topological polar surface area (TPSA) is 135 Å². The minimum absolute atomic E-state index is 0.104. The van der Waals surface area contributed by atoms with Crippen LogP contribution in [-0.4, -0.2) is 63.6 Å². The molecular formula is C37H38Cl2N8O3. The zero-order valence-electron chi connectivity index (χ0n) is 27.9. The molecule has 0 bridgehead atoms. The van der Waals surface area contributed by atoms with Crippen LogP contribution in [0, 0.1) is 0 Å². The second-order valence-electron chi connectivity index (χ2n) is 12.8. The molecule has 2 amide bonds. The number of carbonyl (C=O) groups is 2. The first-order chi connectivity index (χ1) is 24.3. The van der Waals surface area contributed by atoms with Crippen LogP contribution in [0.4, 0.5) is 0 Å². The van der Waals surface area contributed by atoms with Gasteiger partial charge in [0.15, 0.2) is 0 Å². The molecule has 0 spiro atoms. The van der Waals surface area contributed by atoms with Gasteiger partial charge in [0.25, 0.3) is 0 Å². The average Bonchev–Trinajstić information content (AvgIpc) is 3.83. The van der Waals surface area contributed by atoms with Gasteiger partial charge in [-0.2, -0.15) is 0 Å². The minimum atomic E-state index is 0.104. The number of benzene rings is 1. The number of hydrogen-bond acceptors (Lipinski definition) is 8. The summed E-state index contributed by atoms with van der Waals surface area (Å²) in [6.07, 6.45) is 10.2. The first kappa shape index (κ1) is 33.9.